The number of carbonyl (C=O) groups is 6. The van der Waals surface area contributed by atoms with Crippen molar-refractivity contribution in [3.63, 3.8) is 0 Å². The zero-order chi connectivity index (χ0) is 57.7. The van der Waals surface area contributed by atoms with Crippen molar-refractivity contribution in [2.45, 2.75) is 96.4 Å². The van der Waals surface area contributed by atoms with Crippen molar-refractivity contribution in [2.24, 2.45) is 0 Å². The van der Waals surface area contributed by atoms with Gasteiger partial charge >= 0.3 is 11.9 Å². The number of ether oxygens (including phenoxy) is 3. The molecule has 0 spiro atoms. The minimum absolute atomic E-state index is 0.0223. The van der Waals surface area contributed by atoms with Gasteiger partial charge in [-0.3, -0.25) is 29.3 Å². The second-order valence-corrected chi connectivity index (χ2v) is 24.0. The molecule has 3 heterocycles. The van der Waals surface area contributed by atoms with E-state index in [9.17, 15) is 38.2 Å². The summed E-state index contributed by atoms with van der Waals surface area (Å²) in [4.78, 5) is 92.2. The molecule has 4 amide bonds. The van der Waals surface area contributed by atoms with Gasteiger partial charge in [0.2, 0.25) is 5.91 Å². The molecule has 3 N–H and O–H groups in total. The van der Waals surface area contributed by atoms with Crippen molar-refractivity contribution < 1.29 is 66.9 Å². The summed E-state index contributed by atoms with van der Waals surface area (Å²) in [5.41, 5.74) is 4.51. The van der Waals surface area contributed by atoms with Crippen LogP contribution < -0.4 is 20.0 Å². The number of carbonyl (C=O) groups excluding carboxylic acids is 5. The zero-order valence-corrected chi connectivity index (χ0v) is 49.7. The molecule has 6 rings (SSSR count). The molecule has 3 atom stereocenters. The molecule has 76 heavy (non-hydrogen) atoms. The van der Waals surface area contributed by atoms with Crippen LogP contribution in [0.3, 0.4) is 0 Å². The van der Waals surface area contributed by atoms with E-state index in [1.165, 1.54) is 15.9 Å². The Labute approximate surface area is 472 Å². The van der Waals surface area contributed by atoms with E-state index in [-0.39, 0.29) is 53.3 Å². The van der Waals surface area contributed by atoms with Crippen molar-refractivity contribution in [3.8, 4) is 0 Å². The lowest BCUT2D eigenvalue weighted by atomic mass is 9.93. The third-order valence-electron chi connectivity index (χ3n) is 10.9. The first-order chi connectivity index (χ1) is 35.6. The molecule has 3 aromatic rings. The maximum atomic E-state index is 12.7. The molecule has 1 saturated heterocycles. The van der Waals surface area contributed by atoms with Crippen LogP contribution in [0.1, 0.15) is 88.9 Å². The number of alkyl halides is 3. The van der Waals surface area contributed by atoms with Gasteiger partial charge in [-0.05, 0) is 131 Å². The normalized spacial score (nSPS) is 16.9. The Morgan fingerprint density at radius 2 is 1.64 bits per heavy atom. The topological polar surface area (TPSA) is 246 Å². The molecular weight excluding hydrogens is 1130 g/mol. The molecular formula is C51H68Cl5N4O14PS. The Kier molecular flexibility index (Phi) is 29.4. The highest BCUT2D eigenvalue weighted by Gasteiger charge is 2.45. The molecule has 1 fully saturated rings. The van der Waals surface area contributed by atoms with E-state index in [0.717, 1.165) is 36.1 Å². The lowest BCUT2D eigenvalue weighted by Crippen LogP contribution is -2.45. The minimum atomic E-state index is -4.35. The van der Waals surface area contributed by atoms with Gasteiger partial charge in [-0.1, -0.05) is 71.5 Å². The SMILES string of the molecule is CC1(C)OC(c2ccco2)CN1C(=O)C(Cl)Cl.CCOC(=O)/C(Cl)=C/c1cc(N2C(=O)C3=C(CCCC3)C2=O)ccc1Cl.CCc1cccc(C)c1N(C(=O)CCl)C(C)COC.C[S+](C)C.O=C(O)CNCP(=O)([O-])O. The van der Waals surface area contributed by atoms with E-state index in [4.69, 9.17) is 86.6 Å². The fraction of sp³-hybridized carbons (Fsp3) is 0.490. The van der Waals surface area contributed by atoms with E-state index >= 15 is 0 Å². The summed E-state index contributed by atoms with van der Waals surface area (Å²) in [6.45, 7) is 11.9. The highest BCUT2D eigenvalue weighted by molar-refractivity contribution is 7.94. The van der Waals surface area contributed by atoms with E-state index in [2.05, 4.69) is 31.8 Å². The van der Waals surface area contributed by atoms with Gasteiger partial charge in [-0.15, -0.1) is 11.6 Å². The maximum Gasteiger partial charge on any atom is 0.349 e. The highest BCUT2D eigenvalue weighted by Crippen LogP contribution is 2.39. The molecule has 422 valence electrons. The van der Waals surface area contributed by atoms with Crippen molar-refractivity contribution in [2.75, 3.05) is 74.1 Å². The van der Waals surface area contributed by atoms with Crippen molar-refractivity contribution in [3.05, 3.63) is 98.4 Å². The first-order valence-electron chi connectivity index (χ1n) is 23.7. The summed E-state index contributed by atoms with van der Waals surface area (Å²) in [7, 11) is -2.07. The molecule has 1 aliphatic carbocycles. The predicted molar refractivity (Wildman–Crippen MR) is 299 cm³/mol. The summed E-state index contributed by atoms with van der Waals surface area (Å²) in [5.74, 6) is -2.17. The number of methoxy groups -OCH3 is 1. The fourth-order valence-corrected chi connectivity index (χ4v) is 8.81. The smallest absolute Gasteiger partial charge is 0.349 e. The minimum Gasteiger partial charge on any atom is -0.778 e. The second-order valence-electron chi connectivity index (χ2n) is 17.8. The largest absolute Gasteiger partial charge is 0.778 e. The molecule has 25 heteroatoms. The summed E-state index contributed by atoms with van der Waals surface area (Å²) < 4.78 is 31.0. The van der Waals surface area contributed by atoms with Crippen molar-refractivity contribution >= 4 is 130 Å². The molecule has 0 bridgehead atoms. The number of rotatable bonds is 16. The Bertz CT molecular complexity index is 2530. The van der Waals surface area contributed by atoms with Gasteiger partial charge < -0.3 is 47.9 Å². The number of benzene rings is 2. The first kappa shape index (κ1) is 68.2. The average molecular weight is 1200 g/mol. The van der Waals surface area contributed by atoms with Crippen LogP contribution in [0.2, 0.25) is 5.02 Å². The van der Waals surface area contributed by atoms with Crippen LogP contribution in [-0.4, -0.2) is 131 Å². The lowest BCUT2D eigenvalue weighted by molar-refractivity contribution is -0.193. The molecule has 1 aromatic heterocycles. The van der Waals surface area contributed by atoms with E-state index in [1.807, 2.05) is 37.4 Å². The number of esters is 1. The quantitative estimate of drug-likeness (QED) is 0.0303. The number of aliphatic carboxylic acids is 1. The second kappa shape index (κ2) is 32.8. The summed E-state index contributed by atoms with van der Waals surface area (Å²) in [5, 5.41) is 10.2. The Morgan fingerprint density at radius 3 is 2.13 bits per heavy atom. The number of amides is 4. The highest BCUT2D eigenvalue weighted by atomic mass is 35.5. The van der Waals surface area contributed by atoms with Gasteiger partial charge in [0.05, 0.1) is 75.0 Å². The number of furan rings is 1. The molecule has 0 radical (unpaired) electrons. The zero-order valence-electron chi connectivity index (χ0n) is 44.2. The fourth-order valence-electron chi connectivity index (χ4n) is 7.71. The van der Waals surface area contributed by atoms with Crippen LogP contribution in [0.25, 0.3) is 6.08 Å². The van der Waals surface area contributed by atoms with Crippen LogP contribution in [0, 0.1) is 6.92 Å². The predicted octanol–water partition coefficient (Wildman–Crippen LogP) is 8.77. The van der Waals surface area contributed by atoms with Gasteiger partial charge in [0.15, 0.2) is 4.84 Å². The number of hydrogen-bond donors (Lipinski definition) is 3. The van der Waals surface area contributed by atoms with Crippen LogP contribution in [0.15, 0.2) is 75.4 Å². The summed E-state index contributed by atoms with van der Waals surface area (Å²) >= 11 is 29.1. The number of nitrogens with one attached hydrogen (secondary N) is 1. The van der Waals surface area contributed by atoms with Gasteiger partial charge in [-0.25, -0.2) is 9.69 Å². The van der Waals surface area contributed by atoms with Crippen LogP contribution >= 0.6 is 65.6 Å². The molecule has 3 aliphatic rings. The third kappa shape index (κ3) is 21.4. The van der Waals surface area contributed by atoms with Gasteiger partial charge in [0.1, 0.15) is 36.1 Å². The van der Waals surface area contributed by atoms with Gasteiger partial charge in [-0.2, -0.15) is 0 Å². The van der Waals surface area contributed by atoms with Crippen molar-refractivity contribution in [1.29, 1.82) is 0 Å². The summed E-state index contributed by atoms with van der Waals surface area (Å²) in [6, 6.07) is 14.4. The first-order valence-corrected chi connectivity index (χ1v) is 30.1. The number of halogens is 5. The number of carboxylic acids is 1. The Balaban J connectivity index is 0.000000353. The molecule has 18 nitrogen and oxygen atoms in total. The lowest BCUT2D eigenvalue weighted by Gasteiger charge is -2.31. The van der Waals surface area contributed by atoms with Gasteiger partial charge in [0.25, 0.3) is 17.7 Å². The number of hydrogen-bond acceptors (Lipinski definition) is 13. The number of carboxylic acid groups (broad SMARTS) is 1. The molecule has 2 aliphatic heterocycles. The third-order valence-corrected chi connectivity index (χ3v) is 12.7. The maximum absolute atomic E-state index is 12.7. The van der Waals surface area contributed by atoms with Crippen LogP contribution in [0.5, 0.6) is 0 Å². The van der Waals surface area contributed by atoms with Gasteiger partial charge in [0, 0.05) is 23.3 Å². The number of aryl methyl sites for hydroxylation is 2. The van der Waals surface area contributed by atoms with E-state index in [1.54, 1.807) is 63.3 Å². The summed E-state index contributed by atoms with van der Waals surface area (Å²) in [6.07, 6.45) is 12.5. The number of nitrogens with zero attached hydrogens (tertiary/aromatic N) is 3. The molecule has 2 aromatic carbocycles. The van der Waals surface area contributed by atoms with Crippen LogP contribution in [0.4, 0.5) is 11.4 Å². The molecule has 0 saturated carbocycles. The van der Waals surface area contributed by atoms with Crippen LogP contribution in [-0.2, 0) is 64.9 Å². The Hall–Kier alpha value is -3.95. The average Bonchev–Trinajstić information content (AvgIpc) is 4.06. The van der Waals surface area contributed by atoms with E-state index < -0.39 is 42.9 Å². The number of para-hydroxylation sites is 1. The van der Waals surface area contributed by atoms with Crippen molar-refractivity contribution in [1.82, 2.24) is 10.2 Å². The number of anilines is 2. The standard InChI is InChI=1S/C19H17Cl2NO4.C15H22ClNO2.C11H13Cl2NO3.C3H8NO5P.C3H9S/c1-2-26-19(25)16(21)10-11-9-12(7-8-15(11)20)22-17(23)13-5-3-4-6-14(13)18(22)24;1-5-13-8-6-7-11(2)15(13)17(14(18)9-16)12(3)10-19-4;1-11(2)14(10(15)9(12)13)6-8(17-11)7-4-3-5-16-7;5-3(6)1-4-2-10(7,8)9;1-4(2)3/h7-10H,2-6H2,1H3;6-8,12H,5,9-10H2,1-4H3;3-5,8-9H,6H2,1-2H3;4H,1-2H2,(H,5,6)(H2,7,8,9);1-3H3/q;;;;+1/p-1/b16-10-;;;;. The number of imide groups is 1. The Morgan fingerprint density at radius 1 is 1.04 bits per heavy atom. The van der Waals surface area contributed by atoms with E-state index in [0.29, 0.717) is 70.1 Å². The monoisotopic (exact) mass is 1200 g/mol. The molecule has 3 unspecified atom stereocenters.